The molecule has 3 N–H and O–H groups in total. The van der Waals surface area contributed by atoms with Crippen LogP contribution in [0.4, 0.5) is 4.79 Å². The van der Waals surface area contributed by atoms with E-state index >= 15 is 0 Å². The number of carbonyl (C=O) groups excluding carboxylic acids is 1. The lowest BCUT2D eigenvalue weighted by Gasteiger charge is -1.78. The van der Waals surface area contributed by atoms with Gasteiger partial charge < -0.3 is 5.73 Å². The summed E-state index contributed by atoms with van der Waals surface area (Å²) in [6.07, 6.45) is 0. The van der Waals surface area contributed by atoms with E-state index in [1.807, 2.05) is 0 Å². The molecule has 0 bridgehead atoms. The van der Waals surface area contributed by atoms with Crippen molar-refractivity contribution in [2.75, 3.05) is 0 Å². The first-order valence-electron chi connectivity index (χ1n) is 1.33. The molecular formula is CH3N2O3P. The molecule has 0 aliphatic heterocycles. The van der Waals surface area contributed by atoms with Gasteiger partial charge in [0.1, 0.15) is 0 Å². The van der Waals surface area contributed by atoms with Crippen molar-refractivity contribution in [3.05, 3.63) is 0 Å². The third-order valence-corrected chi connectivity index (χ3v) is 0.604. The van der Waals surface area contributed by atoms with Crippen LogP contribution in [0, 0.1) is 0 Å². The number of amides is 2. The molecule has 7 heavy (non-hydrogen) atoms. The summed E-state index contributed by atoms with van der Waals surface area (Å²) in [7, 11) is -2.86. The van der Waals surface area contributed by atoms with Crippen LogP contribution in [-0.2, 0) is 9.13 Å². The quantitative estimate of drug-likeness (QED) is 0.469. The van der Waals surface area contributed by atoms with Crippen LogP contribution in [0.15, 0.2) is 0 Å². The largest absolute Gasteiger partial charge is 0.427 e. The third-order valence-electron chi connectivity index (χ3n) is 0.201. The van der Waals surface area contributed by atoms with E-state index in [0.29, 0.717) is 0 Å². The molecular weight excluding hydrogens is 119 g/mol. The van der Waals surface area contributed by atoms with Gasteiger partial charge >= 0.3 is 13.9 Å². The molecule has 40 valence electrons. The number of hydrogen-bond donors (Lipinski definition) is 2. The van der Waals surface area contributed by atoms with Crippen LogP contribution in [0.2, 0.25) is 0 Å². The van der Waals surface area contributed by atoms with Crippen molar-refractivity contribution in [2.24, 2.45) is 5.73 Å². The molecule has 2 amide bonds. The summed E-state index contributed by atoms with van der Waals surface area (Å²) < 4.78 is 18.9. The van der Waals surface area contributed by atoms with Crippen LogP contribution >= 0.6 is 7.83 Å². The molecule has 0 heterocycles. The van der Waals surface area contributed by atoms with Crippen molar-refractivity contribution in [1.29, 1.82) is 0 Å². The van der Waals surface area contributed by atoms with Crippen LogP contribution in [0.1, 0.15) is 0 Å². The molecule has 0 rings (SSSR count). The lowest BCUT2D eigenvalue weighted by molar-refractivity contribution is 0.253. The molecule has 0 saturated heterocycles. The number of urea groups is 1. The van der Waals surface area contributed by atoms with E-state index < -0.39 is 13.9 Å². The molecule has 0 atom stereocenters. The van der Waals surface area contributed by atoms with Crippen LogP contribution < -0.4 is 10.8 Å². The molecule has 0 fully saturated rings. The van der Waals surface area contributed by atoms with Crippen molar-refractivity contribution in [1.82, 2.24) is 5.09 Å². The lowest BCUT2D eigenvalue weighted by Crippen LogP contribution is -2.21. The summed E-state index contributed by atoms with van der Waals surface area (Å²) in [5, 5.41) is 1.40. The maximum Gasteiger partial charge on any atom is 0.427 e. The highest BCUT2D eigenvalue weighted by atomic mass is 31.1. The van der Waals surface area contributed by atoms with E-state index in [1.54, 1.807) is 0 Å². The Labute approximate surface area is 39.8 Å². The fourth-order valence-corrected chi connectivity index (χ4v) is 0.270. The van der Waals surface area contributed by atoms with Gasteiger partial charge in [-0.2, -0.15) is 0 Å². The Balaban J connectivity index is 3.53. The second kappa shape index (κ2) is 2.36. The van der Waals surface area contributed by atoms with Gasteiger partial charge in [-0.05, 0) is 0 Å². The summed E-state index contributed by atoms with van der Waals surface area (Å²) >= 11 is 0. The zero-order valence-corrected chi connectivity index (χ0v) is 4.14. The van der Waals surface area contributed by atoms with Crippen LogP contribution in [0.5, 0.6) is 0 Å². The normalized spacial score (nSPS) is 7.43. The Hall–Kier alpha value is -0.830. The fourth-order valence-electron chi connectivity index (χ4n) is 0.0900. The standard InChI is InChI=1S/CH3N2O3P/c2-1(4)3-7(5)6/h(H3,2,3,4,5,6). The SMILES string of the molecule is NC(=O)NP(=O)=O. The Morgan fingerprint density at radius 3 is 2.00 bits per heavy atom. The second-order valence-electron chi connectivity index (χ2n) is 0.733. The van der Waals surface area contributed by atoms with Crippen molar-refractivity contribution in [2.45, 2.75) is 0 Å². The molecule has 0 spiro atoms. The van der Waals surface area contributed by atoms with Gasteiger partial charge in [-0.3, -0.25) is 0 Å². The van der Waals surface area contributed by atoms with Gasteiger partial charge in [-0.15, -0.1) is 0 Å². The molecule has 0 aromatic carbocycles. The van der Waals surface area contributed by atoms with E-state index in [4.69, 9.17) is 0 Å². The van der Waals surface area contributed by atoms with E-state index in [1.165, 1.54) is 5.09 Å². The van der Waals surface area contributed by atoms with Gasteiger partial charge in [-0.25, -0.2) is 19.0 Å². The van der Waals surface area contributed by atoms with Gasteiger partial charge in [-0.1, -0.05) is 0 Å². The predicted octanol–water partition coefficient (Wildman–Crippen LogP) is -0.257. The molecule has 0 saturated carbocycles. The molecule has 5 nitrogen and oxygen atoms in total. The highest BCUT2D eigenvalue weighted by molar-refractivity contribution is 7.29. The minimum absolute atomic E-state index is 1.06. The van der Waals surface area contributed by atoms with Gasteiger partial charge in [0.2, 0.25) is 0 Å². The first-order valence-corrected chi connectivity index (χ1v) is 2.51. The molecule has 6 heteroatoms. The molecule has 0 aromatic heterocycles. The summed E-state index contributed by atoms with van der Waals surface area (Å²) in [4.78, 5) is 9.54. The van der Waals surface area contributed by atoms with Crippen LogP contribution in [0.25, 0.3) is 0 Å². The van der Waals surface area contributed by atoms with Gasteiger partial charge in [0.15, 0.2) is 0 Å². The van der Waals surface area contributed by atoms with Gasteiger partial charge in [0.25, 0.3) is 0 Å². The van der Waals surface area contributed by atoms with Crippen molar-refractivity contribution in [3.8, 4) is 0 Å². The average molecular weight is 122 g/mol. The number of rotatable bonds is 1. The summed E-state index contributed by atoms with van der Waals surface area (Å²) in [6.45, 7) is 0. The highest BCUT2D eigenvalue weighted by Gasteiger charge is 1.90. The number of carbonyl (C=O) groups is 1. The highest BCUT2D eigenvalue weighted by Crippen LogP contribution is 1.89. The van der Waals surface area contributed by atoms with Gasteiger partial charge in [0, 0.05) is 0 Å². The number of hydrogen-bond acceptors (Lipinski definition) is 3. The van der Waals surface area contributed by atoms with E-state index in [0.717, 1.165) is 0 Å². The fraction of sp³-hybridized carbons (Fsp3) is 0. The smallest absolute Gasteiger partial charge is 0.351 e. The Kier molecular flexibility index (Phi) is 2.08. The van der Waals surface area contributed by atoms with E-state index in [2.05, 4.69) is 5.73 Å². The average Bonchev–Trinajstić information content (AvgIpc) is 1.27. The maximum atomic E-state index is 9.54. The molecule has 0 aliphatic carbocycles. The molecule has 0 aromatic rings. The lowest BCUT2D eigenvalue weighted by atomic mass is 11.2. The molecule has 0 unspecified atom stereocenters. The third kappa shape index (κ3) is 5.17. The van der Waals surface area contributed by atoms with Crippen LogP contribution in [-0.4, -0.2) is 6.03 Å². The van der Waals surface area contributed by atoms with Crippen molar-refractivity contribution in [3.63, 3.8) is 0 Å². The predicted molar refractivity (Wildman–Crippen MR) is 21.0 cm³/mol. The summed E-state index contributed by atoms with van der Waals surface area (Å²) in [5.74, 6) is 0. The number of nitrogens with two attached hydrogens (primary N) is 1. The molecule has 0 aliphatic rings. The zero-order chi connectivity index (χ0) is 5.86. The van der Waals surface area contributed by atoms with E-state index in [-0.39, 0.29) is 0 Å². The van der Waals surface area contributed by atoms with Crippen molar-refractivity contribution >= 4 is 13.9 Å². The topological polar surface area (TPSA) is 89.3 Å². The minimum atomic E-state index is -2.86. The first kappa shape index (κ1) is 6.17. The van der Waals surface area contributed by atoms with Crippen LogP contribution in [0.3, 0.4) is 0 Å². The van der Waals surface area contributed by atoms with E-state index in [9.17, 15) is 13.9 Å². The zero-order valence-electron chi connectivity index (χ0n) is 3.25. The Bertz CT molecular complexity index is 130. The number of primary amides is 1. The first-order chi connectivity index (χ1) is 3.13. The van der Waals surface area contributed by atoms with Gasteiger partial charge in [0.05, 0.1) is 0 Å². The Morgan fingerprint density at radius 1 is 1.57 bits per heavy atom. The maximum absolute atomic E-state index is 9.54. The van der Waals surface area contributed by atoms with Crippen molar-refractivity contribution < 1.29 is 13.9 Å². The monoisotopic (exact) mass is 122 g/mol. The minimum Gasteiger partial charge on any atom is -0.351 e. The second-order valence-corrected chi connectivity index (χ2v) is 1.47. The molecule has 0 radical (unpaired) electrons. The Morgan fingerprint density at radius 2 is 2.00 bits per heavy atom. The summed E-state index contributed by atoms with van der Waals surface area (Å²) in [6, 6.07) is -1.06. The number of nitrogens with one attached hydrogen (secondary N) is 1. The summed E-state index contributed by atoms with van der Waals surface area (Å²) in [5.41, 5.74) is 4.36.